The van der Waals surface area contributed by atoms with Gasteiger partial charge >= 0.3 is 6.18 Å². The molecule has 1 aromatic heterocycles. The minimum absolute atomic E-state index is 0.0860. The Hall–Kier alpha value is -1.46. The standard InChI is InChI=1S/C13H13F3N2O/c1-7-3-17-9(8(2)18-7)10(19)11-4-12(5-11,6-11)13(14,15)16/h3H,4-6H2,1-2H3. The molecule has 2 bridgehead atoms. The van der Waals surface area contributed by atoms with E-state index in [2.05, 4.69) is 9.97 Å². The van der Waals surface area contributed by atoms with Crippen molar-refractivity contribution in [2.24, 2.45) is 10.8 Å². The fourth-order valence-corrected chi connectivity index (χ4v) is 3.40. The quantitative estimate of drug-likeness (QED) is 0.776. The number of aryl methyl sites for hydroxylation is 2. The van der Waals surface area contributed by atoms with Gasteiger partial charge in [-0.1, -0.05) is 0 Å². The maximum Gasteiger partial charge on any atom is 0.394 e. The molecule has 3 nitrogen and oxygen atoms in total. The number of Topliss-reactive ketones (excluding diaryl/α,β-unsaturated/α-hetero) is 1. The minimum atomic E-state index is -4.19. The highest BCUT2D eigenvalue weighted by atomic mass is 19.4. The first-order chi connectivity index (χ1) is 8.69. The highest BCUT2D eigenvalue weighted by Crippen LogP contribution is 2.79. The molecule has 3 fully saturated rings. The molecule has 102 valence electrons. The van der Waals surface area contributed by atoms with E-state index >= 15 is 0 Å². The van der Waals surface area contributed by atoms with Gasteiger partial charge < -0.3 is 0 Å². The second-order valence-corrected chi connectivity index (χ2v) is 5.86. The Labute approximate surface area is 108 Å². The molecule has 4 rings (SSSR count). The number of rotatable bonds is 2. The lowest BCUT2D eigenvalue weighted by molar-refractivity contribution is -0.346. The van der Waals surface area contributed by atoms with Gasteiger partial charge in [0.1, 0.15) is 5.69 Å². The van der Waals surface area contributed by atoms with Crippen LogP contribution in [0.4, 0.5) is 13.2 Å². The monoisotopic (exact) mass is 270 g/mol. The molecular formula is C13H13F3N2O. The Balaban J connectivity index is 1.82. The van der Waals surface area contributed by atoms with Crippen molar-refractivity contribution in [1.29, 1.82) is 0 Å². The lowest BCUT2D eigenvalue weighted by Crippen LogP contribution is -2.71. The van der Waals surface area contributed by atoms with E-state index in [-0.39, 0.29) is 30.7 Å². The smallest absolute Gasteiger partial charge is 0.292 e. The molecule has 0 aromatic carbocycles. The lowest BCUT2D eigenvalue weighted by Gasteiger charge is -2.69. The van der Waals surface area contributed by atoms with Crippen molar-refractivity contribution in [3.63, 3.8) is 0 Å². The van der Waals surface area contributed by atoms with Crippen LogP contribution in [-0.4, -0.2) is 21.9 Å². The van der Waals surface area contributed by atoms with Crippen molar-refractivity contribution in [2.75, 3.05) is 0 Å². The van der Waals surface area contributed by atoms with Crippen LogP contribution in [-0.2, 0) is 0 Å². The number of carbonyl (C=O) groups excluding carboxylic acids is 1. The summed E-state index contributed by atoms with van der Waals surface area (Å²) in [5, 5.41) is 0. The van der Waals surface area contributed by atoms with E-state index in [1.807, 2.05) is 0 Å². The molecule has 0 spiro atoms. The van der Waals surface area contributed by atoms with Gasteiger partial charge in [0.05, 0.1) is 16.8 Å². The molecule has 6 heteroatoms. The number of ketones is 1. The third kappa shape index (κ3) is 1.48. The Morgan fingerprint density at radius 2 is 1.84 bits per heavy atom. The van der Waals surface area contributed by atoms with Gasteiger partial charge in [-0.3, -0.25) is 9.78 Å². The normalized spacial score (nSPS) is 32.5. The molecule has 1 aromatic rings. The van der Waals surface area contributed by atoms with Crippen molar-refractivity contribution in [3.8, 4) is 0 Å². The first-order valence-electron chi connectivity index (χ1n) is 6.11. The minimum Gasteiger partial charge on any atom is -0.292 e. The van der Waals surface area contributed by atoms with E-state index in [0.717, 1.165) is 0 Å². The number of alkyl halides is 3. The molecule has 0 radical (unpaired) electrons. The second-order valence-electron chi connectivity index (χ2n) is 5.86. The number of aromatic nitrogens is 2. The Kier molecular flexibility index (Phi) is 2.21. The van der Waals surface area contributed by atoms with Gasteiger partial charge in [0, 0.05) is 11.6 Å². The summed E-state index contributed by atoms with van der Waals surface area (Å²) < 4.78 is 38.3. The summed E-state index contributed by atoms with van der Waals surface area (Å²) >= 11 is 0. The number of carbonyl (C=O) groups is 1. The van der Waals surface area contributed by atoms with Crippen LogP contribution in [0.15, 0.2) is 6.20 Å². The van der Waals surface area contributed by atoms with Crippen LogP contribution in [0.5, 0.6) is 0 Å². The van der Waals surface area contributed by atoms with Crippen LogP contribution < -0.4 is 0 Å². The van der Waals surface area contributed by atoms with E-state index in [1.54, 1.807) is 13.8 Å². The molecule has 1 heterocycles. The first-order valence-corrected chi connectivity index (χ1v) is 6.11. The van der Waals surface area contributed by atoms with Crippen molar-refractivity contribution in [2.45, 2.75) is 39.3 Å². The van der Waals surface area contributed by atoms with E-state index < -0.39 is 17.0 Å². The summed E-state index contributed by atoms with van der Waals surface area (Å²) in [6, 6.07) is 0. The third-order valence-corrected chi connectivity index (χ3v) is 4.40. The molecule has 0 aliphatic heterocycles. The van der Waals surface area contributed by atoms with Crippen LogP contribution in [0.1, 0.15) is 41.1 Å². The molecule has 0 N–H and O–H groups in total. The van der Waals surface area contributed by atoms with Gasteiger partial charge in [-0.15, -0.1) is 0 Å². The highest BCUT2D eigenvalue weighted by Gasteiger charge is 2.80. The second kappa shape index (κ2) is 3.35. The van der Waals surface area contributed by atoms with Gasteiger partial charge in [-0.2, -0.15) is 13.2 Å². The van der Waals surface area contributed by atoms with Gasteiger partial charge in [0.25, 0.3) is 0 Å². The maximum atomic E-state index is 12.8. The number of hydrogen-bond acceptors (Lipinski definition) is 3. The molecule has 0 unspecified atom stereocenters. The van der Waals surface area contributed by atoms with Gasteiger partial charge in [-0.25, -0.2) is 4.98 Å². The average Bonchev–Trinajstić information content (AvgIpc) is 2.09. The van der Waals surface area contributed by atoms with Crippen LogP contribution in [0, 0.1) is 24.7 Å². The van der Waals surface area contributed by atoms with Crippen LogP contribution in [0.3, 0.4) is 0 Å². The molecule has 19 heavy (non-hydrogen) atoms. The maximum absolute atomic E-state index is 12.8. The molecular weight excluding hydrogens is 257 g/mol. The summed E-state index contributed by atoms with van der Waals surface area (Å²) in [5.74, 6) is -0.274. The van der Waals surface area contributed by atoms with Crippen LogP contribution in [0.25, 0.3) is 0 Å². The topological polar surface area (TPSA) is 42.9 Å². The number of nitrogens with zero attached hydrogens (tertiary/aromatic N) is 2. The summed E-state index contributed by atoms with van der Waals surface area (Å²) in [7, 11) is 0. The van der Waals surface area contributed by atoms with Gasteiger partial charge in [0.15, 0.2) is 5.78 Å². The number of hydrogen-bond donors (Lipinski definition) is 0. The van der Waals surface area contributed by atoms with Crippen molar-refractivity contribution in [1.82, 2.24) is 9.97 Å². The number of halogens is 3. The van der Waals surface area contributed by atoms with Crippen LogP contribution >= 0.6 is 0 Å². The summed E-state index contributed by atoms with van der Waals surface area (Å²) in [6.07, 6.45) is -2.97. The summed E-state index contributed by atoms with van der Waals surface area (Å²) in [4.78, 5) is 20.5. The molecule has 0 amide bonds. The SMILES string of the molecule is Cc1cnc(C(=O)C23CC(C(F)(F)F)(C2)C3)c(C)n1. The molecule has 3 saturated carbocycles. The van der Waals surface area contributed by atoms with Gasteiger partial charge in [-0.05, 0) is 33.1 Å². The zero-order valence-corrected chi connectivity index (χ0v) is 10.6. The predicted octanol–water partition coefficient (Wildman–Crippen LogP) is 3.01. The Morgan fingerprint density at radius 3 is 2.32 bits per heavy atom. The fourth-order valence-electron chi connectivity index (χ4n) is 3.40. The van der Waals surface area contributed by atoms with E-state index in [1.165, 1.54) is 6.20 Å². The van der Waals surface area contributed by atoms with E-state index in [0.29, 0.717) is 11.4 Å². The summed E-state index contributed by atoms with van der Waals surface area (Å²) in [6.45, 7) is 3.42. The molecule has 3 aliphatic rings. The Bertz CT molecular complexity index is 560. The predicted molar refractivity (Wildman–Crippen MR) is 60.6 cm³/mol. The van der Waals surface area contributed by atoms with Gasteiger partial charge in [0.2, 0.25) is 0 Å². The average molecular weight is 270 g/mol. The zero-order chi connectivity index (χ0) is 14.1. The zero-order valence-electron chi connectivity index (χ0n) is 10.6. The highest BCUT2D eigenvalue weighted by molar-refractivity contribution is 6.02. The van der Waals surface area contributed by atoms with Crippen molar-refractivity contribution >= 4 is 5.78 Å². The molecule has 0 saturated heterocycles. The third-order valence-electron chi connectivity index (χ3n) is 4.40. The fraction of sp³-hybridized carbons (Fsp3) is 0.615. The largest absolute Gasteiger partial charge is 0.394 e. The van der Waals surface area contributed by atoms with Crippen molar-refractivity contribution < 1.29 is 18.0 Å². The van der Waals surface area contributed by atoms with Crippen molar-refractivity contribution in [3.05, 3.63) is 23.3 Å². The molecule has 3 aliphatic carbocycles. The van der Waals surface area contributed by atoms with E-state index in [4.69, 9.17) is 0 Å². The van der Waals surface area contributed by atoms with E-state index in [9.17, 15) is 18.0 Å². The first kappa shape index (κ1) is 12.6. The Morgan fingerprint density at radius 1 is 1.26 bits per heavy atom. The van der Waals surface area contributed by atoms with Crippen LogP contribution in [0.2, 0.25) is 0 Å². The lowest BCUT2D eigenvalue weighted by atomic mass is 9.33. The molecule has 0 atom stereocenters. The summed E-state index contributed by atoms with van der Waals surface area (Å²) in [5.41, 5.74) is -1.02.